The van der Waals surface area contributed by atoms with Gasteiger partial charge in [0.15, 0.2) is 0 Å². The fourth-order valence-electron chi connectivity index (χ4n) is 1.90. The molecule has 1 saturated carbocycles. The summed E-state index contributed by atoms with van der Waals surface area (Å²) in [5, 5.41) is -0.0625. The average molecular weight is 171 g/mol. The van der Waals surface area contributed by atoms with Crippen molar-refractivity contribution in [3.63, 3.8) is 0 Å². The number of hydrogen-bond donors (Lipinski definition) is 1. The minimum absolute atomic E-state index is 0.0529. The van der Waals surface area contributed by atoms with E-state index < -0.39 is 8.07 Å². The van der Waals surface area contributed by atoms with Crippen molar-refractivity contribution in [2.75, 3.05) is 0 Å². The molecule has 0 aromatic carbocycles. The Balaban J connectivity index is 2.85. The van der Waals surface area contributed by atoms with Gasteiger partial charge in [-0.3, -0.25) is 4.79 Å². The van der Waals surface area contributed by atoms with Gasteiger partial charge in [0.1, 0.15) is 0 Å². The number of primary amides is 1. The van der Waals surface area contributed by atoms with E-state index in [9.17, 15) is 4.79 Å². The molecule has 0 atom stereocenters. The summed E-state index contributed by atoms with van der Waals surface area (Å²) in [5.74, 6) is -0.0529. The van der Waals surface area contributed by atoms with Gasteiger partial charge in [0.05, 0.1) is 8.07 Å². The van der Waals surface area contributed by atoms with Gasteiger partial charge in [-0.05, 0) is 12.8 Å². The number of nitrogens with two attached hydrogens (primary N) is 1. The Hall–Kier alpha value is -0.313. The standard InChI is InChI=1S/C8H17NOSi/c1-11(2,3)8(7(9)10)5-4-6-8/h4-6H2,1-3H3,(H2,9,10). The van der Waals surface area contributed by atoms with Crippen molar-refractivity contribution in [3.05, 3.63) is 0 Å². The van der Waals surface area contributed by atoms with Crippen molar-refractivity contribution in [3.8, 4) is 0 Å². The van der Waals surface area contributed by atoms with E-state index in [4.69, 9.17) is 5.73 Å². The number of rotatable bonds is 2. The molecule has 2 nitrogen and oxygen atoms in total. The molecule has 1 aliphatic rings. The number of carbonyl (C=O) groups is 1. The van der Waals surface area contributed by atoms with Crippen LogP contribution in [0.3, 0.4) is 0 Å². The average Bonchev–Trinajstić information content (AvgIpc) is 1.52. The molecule has 0 unspecified atom stereocenters. The Kier molecular flexibility index (Phi) is 1.87. The summed E-state index contributed by atoms with van der Waals surface area (Å²) in [6.45, 7) is 6.70. The van der Waals surface area contributed by atoms with Gasteiger partial charge in [0, 0.05) is 5.04 Å². The summed E-state index contributed by atoms with van der Waals surface area (Å²) in [5.41, 5.74) is 5.41. The molecule has 0 aliphatic heterocycles. The van der Waals surface area contributed by atoms with Crippen LogP contribution in [0.5, 0.6) is 0 Å². The molecule has 0 aromatic heterocycles. The van der Waals surface area contributed by atoms with Crippen LogP contribution in [0.4, 0.5) is 0 Å². The smallest absolute Gasteiger partial charge is 0.220 e. The molecule has 0 spiro atoms. The molecule has 3 heteroatoms. The lowest BCUT2D eigenvalue weighted by molar-refractivity contribution is -0.123. The Morgan fingerprint density at radius 2 is 1.82 bits per heavy atom. The highest BCUT2D eigenvalue weighted by Gasteiger charge is 2.52. The minimum Gasteiger partial charge on any atom is -0.369 e. The van der Waals surface area contributed by atoms with Crippen LogP contribution in [0.15, 0.2) is 0 Å². The summed E-state index contributed by atoms with van der Waals surface area (Å²) in [6.07, 6.45) is 3.27. The van der Waals surface area contributed by atoms with E-state index in [0.29, 0.717) is 0 Å². The molecule has 0 radical (unpaired) electrons. The van der Waals surface area contributed by atoms with Crippen molar-refractivity contribution >= 4 is 14.0 Å². The Labute approximate surface area is 69.2 Å². The number of hydrogen-bond acceptors (Lipinski definition) is 1. The Morgan fingerprint density at radius 1 is 1.36 bits per heavy atom. The van der Waals surface area contributed by atoms with E-state index in [2.05, 4.69) is 19.6 Å². The van der Waals surface area contributed by atoms with Crippen molar-refractivity contribution in [1.82, 2.24) is 0 Å². The van der Waals surface area contributed by atoms with Gasteiger partial charge in [-0.1, -0.05) is 26.1 Å². The summed E-state index contributed by atoms with van der Waals surface area (Å²) in [4.78, 5) is 11.2. The first-order chi connectivity index (χ1) is 4.90. The van der Waals surface area contributed by atoms with Crippen molar-refractivity contribution in [2.45, 2.75) is 43.9 Å². The first kappa shape index (κ1) is 8.78. The second kappa shape index (κ2) is 2.34. The third-order valence-electron chi connectivity index (χ3n) is 3.11. The highest BCUT2D eigenvalue weighted by molar-refractivity contribution is 6.82. The minimum atomic E-state index is -1.36. The molecule has 0 saturated heterocycles. The lowest BCUT2D eigenvalue weighted by Crippen LogP contribution is -2.52. The van der Waals surface area contributed by atoms with E-state index in [1.807, 2.05) is 0 Å². The SMILES string of the molecule is C[Si](C)(C)C1(C(N)=O)CCC1. The maximum Gasteiger partial charge on any atom is 0.220 e. The van der Waals surface area contributed by atoms with Crippen LogP contribution in [0.25, 0.3) is 0 Å². The van der Waals surface area contributed by atoms with Crippen LogP contribution in [0, 0.1) is 0 Å². The van der Waals surface area contributed by atoms with Gasteiger partial charge in [0.25, 0.3) is 0 Å². The summed E-state index contributed by atoms with van der Waals surface area (Å²) < 4.78 is 0. The maximum atomic E-state index is 11.2. The molecule has 1 amide bonds. The van der Waals surface area contributed by atoms with Crippen LogP contribution >= 0.6 is 0 Å². The zero-order valence-corrected chi connectivity index (χ0v) is 8.61. The number of carbonyl (C=O) groups excluding carboxylic acids is 1. The molecule has 1 aliphatic carbocycles. The van der Waals surface area contributed by atoms with Gasteiger partial charge in [-0.2, -0.15) is 0 Å². The highest BCUT2D eigenvalue weighted by atomic mass is 28.3. The van der Waals surface area contributed by atoms with Gasteiger partial charge >= 0.3 is 0 Å². The van der Waals surface area contributed by atoms with Crippen LogP contribution in [-0.4, -0.2) is 14.0 Å². The van der Waals surface area contributed by atoms with E-state index in [0.717, 1.165) is 12.8 Å². The van der Waals surface area contributed by atoms with Gasteiger partial charge in [-0.15, -0.1) is 0 Å². The van der Waals surface area contributed by atoms with Gasteiger partial charge < -0.3 is 5.73 Å². The lowest BCUT2D eigenvalue weighted by Gasteiger charge is -2.47. The topological polar surface area (TPSA) is 43.1 Å². The summed E-state index contributed by atoms with van der Waals surface area (Å²) in [6, 6.07) is 0. The third kappa shape index (κ3) is 1.11. The largest absolute Gasteiger partial charge is 0.369 e. The lowest BCUT2D eigenvalue weighted by atomic mass is 9.83. The van der Waals surface area contributed by atoms with Crippen molar-refractivity contribution in [1.29, 1.82) is 0 Å². The Morgan fingerprint density at radius 3 is 1.82 bits per heavy atom. The van der Waals surface area contributed by atoms with Crippen LogP contribution in [-0.2, 0) is 4.79 Å². The van der Waals surface area contributed by atoms with Crippen LogP contribution < -0.4 is 5.73 Å². The van der Waals surface area contributed by atoms with E-state index in [-0.39, 0.29) is 10.9 Å². The molecular formula is C8H17NOSi. The molecule has 64 valence electrons. The molecule has 0 aromatic rings. The van der Waals surface area contributed by atoms with Gasteiger partial charge in [-0.25, -0.2) is 0 Å². The second-order valence-electron chi connectivity index (χ2n) is 4.55. The van der Waals surface area contributed by atoms with Crippen LogP contribution in [0.1, 0.15) is 19.3 Å². The summed E-state index contributed by atoms with van der Waals surface area (Å²) in [7, 11) is -1.36. The quantitative estimate of drug-likeness (QED) is 0.632. The highest BCUT2D eigenvalue weighted by Crippen LogP contribution is 2.54. The number of amides is 1. The van der Waals surface area contributed by atoms with Gasteiger partial charge in [0.2, 0.25) is 5.91 Å². The molecule has 11 heavy (non-hydrogen) atoms. The fraction of sp³-hybridized carbons (Fsp3) is 0.875. The molecule has 1 fully saturated rings. The van der Waals surface area contributed by atoms with E-state index in [1.54, 1.807) is 0 Å². The zero-order valence-electron chi connectivity index (χ0n) is 7.61. The van der Waals surface area contributed by atoms with Crippen molar-refractivity contribution in [2.24, 2.45) is 5.73 Å². The Bertz CT molecular complexity index is 179. The van der Waals surface area contributed by atoms with Crippen LogP contribution in [0.2, 0.25) is 24.7 Å². The molecule has 2 N–H and O–H groups in total. The van der Waals surface area contributed by atoms with E-state index in [1.165, 1.54) is 6.42 Å². The van der Waals surface area contributed by atoms with Crippen molar-refractivity contribution < 1.29 is 4.79 Å². The molecular weight excluding hydrogens is 154 g/mol. The summed E-state index contributed by atoms with van der Waals surface area (Å²) >= 11 is 0. The second-order valence-corrected chi connectivity index (χ2v) is 10.0. The zero-order chi connectivity index (χ0) is 8.70. The first-order valence-corrected chi connectivity index (χ1v) is 7.70. The first-order valence-electron chi connectivity index (χ1n) is 4.20. The predicted molar refractivity (Wildman–Crippen MR) is 49.1 cm³/mol. The molecule has 1 rings (SSSR count). The molecule has 0 heterocycles. The molecule has 0 bridgehead atoms. The fourth-order valence-corrected chi connectivity index (χ4v) is 4.49. The van der Waals surface area contributed by atoms with E-state index >= 15 is 0 Å². The monoisotopic (exact) mass is 171 g/mol. The normalized spacial score (nSPS) is 22.5. The third-order valence-corrected chi connectivity index (χ3v) is 6.73. The predicted octanol–water partition coefficient (Wildman–Crippen LogP) is 1.73. The maximum absolute atomic E-state index is 11.2.